The fraction of sp³-hybridized carbons (Fsp3) is 0.150. The zero-order valence-electron chi connectivity index (χ0n) is 15.3. The Morgan fingerprint density at radius 2 is 2.07 bits per heavy atom. The van der Waals surface area contributed by atoms with Gasteiger partial charge >= 0.3 is 0 Å². The summed E-state index contributed by atoms with van der Waals surface area (Å²) in [6.07, 6.45) is 1.75. The Hall–Kier alpha value is -2.84. The van der Waals surface area contributed by atoms with E-state index in [-0.39, 0.29) is 5.91 Å². The molecule has 0 bridgehead atoms. The predicted octanol–water partition coefficient (Wildman–Crippen LogP) is 4.62. The molecule has 28 heavy (non-hydrogen) atoms. The fourth-order valence-electron chi connectivity index (χ4n) is 2.40. The number of benzene rings is 2. The van der Waals surface area contributed by atoms with Crippen LogP contribution in [-0.4, -0.2) is 29.8 Å². The lowest BCUT2D eigenvalue weighted by molar-refractivity contribution is -0.115. The number of nitrogens with one attached hydrogen (secondary N) is 2. The molecule has 6 nitrogen and oxygen atoms in total. The molecule has 0 saturated heterocycles. The van der Waals surface area contributed by atoms with E-state index in [1.165, 1.54) is 23.1 Å². The van der Waals surface area contributed by atoms with Crippen molar-refractivity contribution in [2.75, 3.05) is 24.3 Å². The number of nitrogens with zero attached hydrogens (tertiary/aromatic N) is 2. The lowest BCUT2D eigenvalue weighted by Gasteiger charge is -2.16. The van der Waals surface area contributed by atoms with Crippen LogP contribution in [0.1, 0.15) is 10.8 Å². The monoisotopic (exact) mass is 412 g/mol. The van der Waals surface area contributed by atoms with Gasteiger partial charge in [0.15, 0.2) is 4.34 Å². The van der Waals surface area contributed by atoms with Gasteiger partial charge in [-0.3, -0.25) is 4.79 Å². The van der Waals surface area contributed by atoms with Gasteiger partial charge in [-0.2, -0.15) is 0 Å². The summed E-state index contributed by atoms with van der Waals surface area (Å²) in [5.74, 6) is 0.545. The van der Waals surface area contributed by atoms with E-state index in [2.05, 4.69) is 27.4 Å². The number of hydrogen-bond acceptors (Lipinski definition) is 7. The van der Waals surface area contributed by atoms with Crippen LogP contribution in [0, 0.1) is 0 Å². The van der Waals surface area contributed by atoms with E-state index in [0.29, 0.717) is 27.5 Å². The molecule has 1 atom stereocenters. The van der Waals surface area contributed by atoms with Crippen LogP contribution in [0.4, 0.5) is 10.8 Å². The van der Waals surface area contributed by atoms with E-state index in [4.69, 9.17) is 4.74 Å². The number of aromatic nitrogens is 2. The van der Waals surface area contributed by atoms with E-state index in [0.717, 1.165) is 5.56 Å². The Kier molecular flexibility index (Phi) is 7.05. The van der Waals surface area contributed by atoms with Gasteiger partial charge in [-0.05, 0) is 17.7 Å². The first kappa shape index (κ1) is 19.9. The second-order valence-corrected chi connectivity index (χ2v) is 8.00. The SMILES string of the molecule is C=CCNc1nnc(S[C@H](C(=O)Nc2cccc(OC)c2)c2ccccc2)s1. The van der Waals surface area contributed by atoms with E-state index >= 15 is 0 Å². The molecule has 2 N–H and O–H groups in total. The molecule has 1 heterocycles. The Bertz CT molecular complexity index is 931. The van der Waals surface area contributed by atoms with E-state index in [1.807, 2.05) is 48.5 Å². The van der Waals surface area contributed by atoms with E-state index < -0.39 is 5.25 Å². The van der Waals surface area contributed by atoms with Crippen molar-refractivity contribution in [1.82, 2.24) is 10.2 Å². The van der Waals surface area contributed by atoms with Gasteiger partial charge in [-0.1, -0.05) is 65.6 Å². The number of hydrogen-bond donors (Lipinski definition) is 2. The van der Waals surface area contributed by atoms with Gasteiger partial charge in [0.1, 0.15) is 11.0 Å². The molecule has 0 aliphatic heterocycles. The molecule has 0 aliphatic carbocycles. The lowest BCUT2D eigenvalue weighted by atomic mass is 10.1. The van der Waals surface area contributed by atoms with Crippen LogP contribution < -0.4 is 15.4 Å². The summed E-state index contributed by atoms with van der Waals surface area (Å²) in [5.41, 5.74) is 1.57. The maximum Gasteiger partial charge on any atom is 0.242 e. The number of methoxy groups -OCH3 is 1. The van der Waals surface area contributed by atoms with Crippen LogP contribution in [-0.2, 0) is 4.79 Å². The zero-order chi connectivity index (χ0) is 19.8. The molecule has 3 rings (SSSR count). The van der Waals surface area contributed by atoms with Crippen LogP contribution >= 0.6 is 23.1 Å². The highest BCUT2D eigenvalue weighted by atomic mass is 32.2. The maximum absolute atomic E-state index is 13.1. The molecule has 8 heteroatoms. The Balaban J connectivity index is 1.79. The van der Waals surface area contributed by atoms with Crippen molar-refractivity contribution >= 4 is 39.8 Å². The second kappa shape index (κ2) is 9.91. The van der Waals surface area contributed by atoms with Crippen molar-refractivity contribution in [3.8, 4) is 5.75 Å². The highest BCUT2D eigenvalue weighted by Gasteiger charge is 2.24. The van der Waals surface area contributed by atoms with Gasteiger partial charge in [0.2, 0.25) is 11.0 Å². The van der Waals surface area contributed by atoms with Crippen LogP contribution in [0.3, 0.4) is 0 Å². The first-order valence-corrected chi connectivity index (χ1v) is 10.2. The quantitative estimate of drug-likeness (QED) is 0.395. The zero-order valence-corrected chi connectivity index (χ0v) is 16.9. The largest absolute Gasteiger partial charge is 0.497 e. The summed E-state index contributed by atoms with van der Waals surface area (Å²) in [5, 5.41) is 14.6. The van der Waals surface area contributed by atoms with Crippen LogP contribution in [0.2, 0.25) is 0 Å². The first-order valence-electron chi connectivity index (χ1n) is 8.54. The number of amides is 1. The highest BCUT2D eigenvalue weighted by molar-refractivity contribution is 8.02. The van der Waals surface area contributed by atoms with Gasteiger partial charge in [0, 0.05) is 18.3 Å². The van der Waals surface area contributed by atoms with Crippen molar-refractivity contribution in [3.05, 3.63) is 72.8 Å². The van der Waals surface area contributed by atoms with Gasteiger partial charge in [0.05, 0.1) is 7.11 Å². The third-order valence-electron chi connectivity index (χ3n) is 3.70. The molecular weight excluding hydrogens is 392 g/mol. The molecule has 1 amide bonds. The highest BCUT2D eigenvalue weighted by Crippen LogP contribution is 2.38. The van der Waals surface area contributed by atoms with Gasteiger partial charge < -0.3 is 15.4 Å². The summed E-state index contributed by atoms with van der Waals surface area (Å²) in [7, 11) is 1.59. The van der Waals surface area contributed by atoms with Crippen molar-refractivity contribution in [3.63, 3.8) is 0 Å². The molecule has 144 valence electrons. The second-order valence-electron chi connectivity index (χ2n) is 5.67. The summed E-state index contributed by atoms with van der Waals surface area (Å²) < 4.78 is 5.93. The molecule has 0 unspecified atom stereocenters. The summed E-state index contributed by atoms with van der Waals surface area (Å²) in [6.45, 7) is 4.28. The van der Waals surface area contributed by atoms with Gasteiger partial charge in [-0.25, -0.2) is 0 Å². The predicted molar refractivity (Wildman–Crippen MR) is 115 cm³/mol. The number of carbonyl (C=O) groups excluding carboxylic acids is 1. The smallest absolute Gasteiger partial charge is 0.242 e. The topological polar surface area (TPSA) is 76.1 Å². The molecule has 1 aromatic heterocycles. The third-order valence-corrected chi connectivity index (χ3v) is 5.92. The Labute approximate surface area is 172 Å². The molecule has 3 aromatic rings. The van der Waals surface area contributed by atoms with Crippen LogP contribution in [0.15, 0.2) is 71.6 Å². The minimum atomic E-state index is -0.465. The summed E-state index contributed by atoms with van der Waals surface area (Å²) in [6, 6.07) is 16.9. The number of ether oxygens (including phenoxy) is 1. The van der Waals surface area contributed by atoms with Crippen molar-refractivity contribution < 1.29 is 9.53 Å². The number of thioether (sulfide) groups is 1. The average Bonchev–Trinajstić information content (AvgIpc) is 3.18. The lowest BCUT2D eigenvalue weighted by Crippen LogP contribution is -2.19. The van der Waals surface area contributed by atoms with Crippen molar-refractivity contribution in [2.24, 2.45) is 0 Å². The maximum atomic E-state index is 13.1. The summed E-state index contributed by atoms with van der Waals surface area (Å²) >= 11 is 2.78. The van der Waals surface area contributed by atoms with Gasteiger partial charge in [-0.15, -0.1) is 16.8 Å². The van der Waals surface area contributed by atoms with Crippen LogP contribution in [0.25, 0.3) is 0 Å². The third kappa shape index (κ3) is 5.34. The average molecular weight is 413 g/mol. The van der Waals surface area contributed by atoms with E-state index in [1.54, 1.807) is 19.3 Å². The van der Waals surface area contributed by atoms with Crippen molar-refractivity contribution in [2.45, 2.75) is 9.59 Å². The number of carbonyl (C=O) groups is 1. The molecule has 0 fully saturated rings. The van der Waals surface area contributed by atoms with Crippen LogP contribution in [0.5, 0.6) is 5.75 Å². The molecule has 0 radical (unpaired) electrons. The van der Waals surface area contributed by atoms with Gasteiger partial charge in [0.25, 0.3) is 0 Å². The first-order chi connectivity index (χ1) is 13.7. The Morgan fingerprint density at radius 3 is 2.82 bits per heavy atom. The van der Waals surface area contributed by atoms with E-state index in [9.17, 15) is 4.79 Å². The standard InChI is InChI=1S/C20H20N4O2S2/c1-3-12-21-19-23-24-20(28-19)27-17(14-8-5-4-6-9-14)18(25)22-15-10-7-11-16(13-15)26-2/h3-11,13,17H,1,12H2,2H3,(H,21,23)(H,22,25)/t17-/m0/s1. The fourth-order valence-corrected chi connectivity index (χ4v) is 4.35. The number of anilines is 2. The molecule has 0 saturated carbocycles. The molecular formula is C20H20N4O2S2. The summed E-state index contributed by atoms with van der Waals surface area (Å²) in [4.78, 5) is 13.1. The minimum absolute atomic E-state index is 0.139. The van der Waals surface area contributed by atoms with Crippen molar-refractivity contribution in [1.29, 1.82) is 0 Å². The Morgan fingerprint density at radius 1 is 1.25 bits per heavy atom. The molecule has 0 aliphatic rings. The molecule has 0 spiro atoms. The minimum Gasteiger partial charge on any atom is -0.497 e. The normalized spacial score (nSPS) is 11.5. The number of rotatable bonds is 9. The molecule has 2 aromatic carbocycles.